The van der Waals surface area contributed by atoms with Crippen LogP contribution in [-0.4, -0.2) is 40.4 Å². The van der Waals surface area contributed by atoms with Crippen LogP contribution in [0.2, 0.25) is 0 Å². The number of nitro groups is 1. The maximum absolute atomic E-state index is 12.1. The summed E-state index contributed by atoms with van der Waals surface area (Å²) in [5.41, 5.74) is 1.00. The van der Waals surface area contributed by atoms with Gasteiger partial charge < -0.3 is 10.0 Å². The molecule has 7 nitrogen and oxygen atoms in total. The highest BCUT2D eigenvalue weighted by Gasteiger charge is 2.20. The molecule has 0 radical (unpaired) electrons. The number of benzene rings is 1. The third kappa shape index (κ3) is 4.27. The standard InChI is InChI=1S/C14H18N2O5/c1-9(14(18)19)8-15(3)13(17)7-11-5-4-6-12(10(11)2)16(20)21/h4-6,9H,7-8H2,1-3H3,(H,18,19). The fourth-order valence-electron chi connectivity index (χ4n) is 1.95. The number of amides is 1. The predicted octanol–water partition coefficient (Wildman–Crippen LogP) is 1.62. The molecule has 0 spiro atoms. The van der Waals surface area contributed by atoms with Gasteiger partial charge in [-0.1, -0.05) is 19.1 Å². The first-order chi connectivity index (χ1) is 9.73. The van der Waals surface area contributed by atoms with Crippen LogP contribution in [0.1, 0.15) is 18.1 Å². The highest BCUT2D eigenvalue weighted by molar-refractivity contribution is 5.80. The SMILES string of the molecule is Cc1c(CC(=O)N(C)CC(C)C(=O)O)cccc1[N+](=O)[O-]. The van der Waals surface area contributed by atoms with E-state index in [1.165, 1.54) is 31.0 Å². The van der Waals surface area contributed by atoms with Crippen LogP contribution in [0.15, 0.2) is 18.2 Å². The summed E-state index contributed by atoms with van der Waals surface area (Å²) in [4.78, 5) is 34.5. The third-order valence-electron chi connectivity index (χ3n) is 3.35. The van der Waals surface area contributed by atoms with Crippen LogP contribution in [0.3, 0.4) is 0 Å². The van der Waals surface area contributed by atoms with E-state index < -0.39 is 16.8 Å². The number of carbonyl (C=O) groups is 2. The Hall–Kier alpha value is -2.44. The van der Waals surface area contributed by atoms with Crippen molar-refractivity contribution >= 4 is 17.6 Å². The Kier molecular flexibility index (Phi) is 5.40. The zero-order chi connectivity index (χ0) is 16.2. The van der Waals surface area contributed by atoms with E-state index in [1.807, 2.05) is 0 Å². The number of hydrogen-bond donors (Lipinski definition) is 1. The highest BCUT2D eigenvalue weighted by atomic mass is 16.6. The van der Waals surface area contributed by atoms with Gasteiger partial charge in [0.2, 0.25) is 5.91 Å². The zero-order valence-electron chi connectivity index (χ0n) is 12.2. The molecule has 0 saturated carbocycles. The van der Waals surface area contributed by atoms with Gasteiger partial charge in [-0.05, 0) is 12.5 Å². The molecule has 0 aliphatic carbocycles. The van der Waals surface area contributed by atoms with Crippen molar-refractivity contribution in [1.82, 2.24) is 4.90 Å². The number of nitro benzene ring substituents is 1. The number of nitrogens with zero attached hydrogens (tertiary/aromatic N) is 2. The van der Waals surface area contributed by atoms with Crippen molar-refractivity contribution in [3.8, 4) is 0 Å². The molecule has 0 aliphatic heterocycles. The van der Waals surface area contributed by atoms with Crippen molar-refractivity contribution < 1.29 is 19.6 Å². The minimum Gasteiger partial charge on any atom is -0.481 e. The summed E-state index contributed by atoms with van der Waals surface area (Å²) in [6.07, 6.45) is 0.0103. The van der Waals surface area contributed by atoms with Gasteiger partial charge in [0.25, 0.3) is 5.69 Å². The first-order valence-corrected chi connectivity index (χ1v) is 6.43. The molecule has 1 amide bonds. The topological polar surface area (TPSA) is 101 Å². The quantitative estimate of drug-likeness (QED) is 0.634. The van der Waals surface area contributed by atoms with Crippen LogP contribution in [-0.2, 0) is 16.0 Å². The van der Waals surface area contributed by atoms with E-state index >= 15 is 0 Å². The summed E-state index contributed by atoms with van der Waals surface area (Å²) in [6.45, 7) is 3.22. The molecule has 1 rings (SSSR count). The number of hydrogen-bond acceptors (Lipinski definition) is 4. The maximum Gasteiger partial charge on any atom is 0.308 e. The molecule has 7 heteroatoms. The molecule has 1 aromatic carbocycles. The Morgan fingerprint density at radius 1 is 1.43 bits per heavy atom. The molecular weight excluding hydrogens is 276 g/mol. The number of likely N-dealkylation sites (N-methyl/N-ethyl adjacent to an activating group) is 1. The van der Waals surface area contributed by atoms with Gasteiger partial charge in [0, 0.05) is 25.2 Å². The van der Waals surface area contributed by atoms with E-state index in [2.05, 4.69) is 0 Å². The Labute approximate surface area is 122 Å². The smallest absolute Gasteiger partial charge is 0.308 e. The van der Waals surface area contributed by atoms with Crippen molar-refractivity contribution in [3.05, 3.63) is 39.4 Å². The first-order valence-electron chi connectivity index (χ1n) is 6.43. The van der Waals surface area contributed by atoms with Crippen LogP contribution < -0.4 is 0 Å². The lowest BCUT2D eigenvalue weighted by molar-refractivity contribution is -0.385. The largest absolute Gasteiger partial charge is 0.481 e. The fourth-order valence-corrected chi connectivity index (χ4v) is 1.95. The Balaban J connectivity index is 2.82. The molecule has 21 heavy (non-hydrogen) atoms. The van der Waals surface area contributed by atoms with Gasteiger partial charge >= 0.3 is 5.97 Å². The van der Waals surface area contributed by atoms with Crippen LogP contribution in [0.25, 0.3) is 0 Å². The van der Waals surface area contributed by atoms with E-state index in [0.717, 1.165) is 0 Å². The first kappa shape index (κ1) is 16.6. The summed E-state index contributed by atoms with van der Waals surface area (Å²) in [7, 11) is 1.52. The second kappa shape index (κ2) is 6.83. The lowest BCUT2D eigenvalue weighted by atomic mass is 10.0. The van der Waals surface area contributed by atoms with Crippen molar-refractivity contribution in [1.29, 1.82) is 0 Å². The summed E-state index contributed by atoms with van der Waals surface area (Å²) in [6, 6.07) is 4.59. The normalized spacial score (nSPS) is 11.8. The lowest BCUT2D eigenvalue weighted by Gasteiger charge is -2.20. The second-order valence-corrected chi connectivity index (χ2v) is 5.01. The van der Waals surface area contributed by atoms with Gasteiger partial charge in [0.1, 0.15) is 0 Å². The van der Waals surface area contributed by atoms with Gasteiger partial charge in [0.15, 0.2) is 0 Å². The van der Waals surface area contributed by atoms with Crippen molar-refractivity contribution in [2.75, 3.05) is 13.6 Å². The van der Waals surface area contributed by atoms with Crippen LogP contribution in [0.4, 0.5) is 5.69 Å². The number of carboxylic acid groups (broad SMARTS) is 1. The number of carbonyl (C=O) groups excluding carboxylic acids is 1. The molecule has 0 bridgehead atoms. The molecule has 1 unspecified atom stereocenters. The molecule has 1 atom stereocenters. The molecule has 1 N–H and O–H groups in total. The van der Waals surface area contributed by atoms with Gasteiger partial charge in [-0.15, -0.1) is 0 Å². The Morgan fingerprint density at radius 2 is 2.05 bits per heavy atom. The summed E-state index contributed by atoms with van der Waals surface area (Å²) < 4.78 is 0. The highest BCUT2D eigenvalue weighted by Crippen LogP contribution is 2.21. The molecule has 0 fully saturated rings. The van der Waals surface area contributed by atoms with Crippen LogP contribution in [0.5, 0.6) is 0 Å². The van der Waals surface area contributed by atoms with Crippen LogP contribution in [0, 0.1) is 23.0 Å². The average molecular weight is 294 g/mol. The van der Waals surface area contributed by atoms with E-state index in [-0.39, 0.29) is 24.6 Å². The summed E-state index contributed by atoms with van der Waals surface area (Å²) in [5, 5.41) is 19.7. The lowest BCUT2D eigenvalue weighted by Crippen LogP contribution is -2.34. The second-order valence-electron chi connectivity index (χ2n) is 5.01. The molecule has 0 saturated heterocycles. The maximum atomic E-state index is 12.1. The monoisotopic (exact) mass is 294 g/mol. The summed E-state index contributed by atoms with van der Waals surface area (Å²) in [5.74, 6) is -1.90. The average Bonchev–Trinajstić information content (AvgIpc) is 2.40. The minimum atomic E-state index is -0.971. The Bertz CT molecular complexity index is 570. The molecule has 0 heterocycles. The third-order valence-corrected chi connectivity index (χ3v) is 3.35. The van der Waals surface area contributed by atoms with Crippen molar-refractivity contribution in [2.24, 2.45) is 5.92 Å². The Morgan fingerprint density at radius 3 is 2.57 bits per heavy atom. The van der Waals surface area contributed by atoms with Gasteiger partial charge in [-0.2, -0.15) is 0 Å². The molecule has 0 aliphatic rings. The molecule has 0 aromatic heterocycles. The fraction of sp³-hybridized carbons (Fsp3) is 0.429. The number of carboxylic acids is 1. The van der Waals surface area contributed by atoms with Crippen molar-refractivity contribution in [2.45, 2.75) is 20.3 Å². The molecule has 1 aromatic rings. The van der Waals surface area contributed by atoms with E-state index in [1.54, 1.807) is 13.0 Å². The number of aliphatic carboxylic acids is 1. The van der Waals surface area contributed by atoms with Crippen LogP contribution >= 0.6 is 0 Å². The van der Waals surface area contributed by atoms with Gasteiger partial charge in [-0.3, -0.25) is 19.7 Å². The van der Waals surface area contributed by atoms with Crippen molar-refractivity contribution in [3.63, 3.8) is 0 Å². The van der Waals surface area contributed by atoms with Gasteiger partial charge in [-0.25, -0.2) is 0 Å². The van der Waals surface area contributed by atoms with E-state index in [4.69, 9.17) is 5.11 Å². The zero-order valence-corrected chi connectivity index (χ0v) is 12.2. The van der Waals surface area contributed by atoms with E-state index in [9.17, 15) is 19.7 Å². The molecule has 114 valence electrons. The molecular formula is C14H18N2O5. The summed E-state index contributed by atoms with van der Waals surface area (Å²) >= 11 is 0. The van der Waals surface area contributed by atoms with E-state index in [0.29, 0.717) is 11.1 Å². The number of rotatable bonds is 6. The van der Waals surface area contributed by atoms with Gasteiger partial charge in [0.05, 0.1) is 17.3 Å². The minimum absolute atomic E-state index is 0.0103. The predicted molar refractivity (Wildman–Crippen MR) is 76.0 cm³/mol.